The van der Waals surface area contributed by atoms with Crippen LogP contribution in [0.4, 0.5) is 24.5 Å². The van der Waals surface area contributed by atoms with Gasteiger partial charge in [-0.3, -0.25) is 9.71 Å². The van der Waals surface area contributed by atoms with Gasteiger partial charge in [0.05, 0.1) is 48.1 Å². The Hall–Kier alpha value is -4.10. The molecule has 0 bridgehead atoms. The first-order valence-electron chi connectivity index (χ1n) is 12.8. The van der Waals surface area contributed by atoms with Crippen LogP contribution in [0.15, 0.2) is 72.9 Å². The highest BCUT2D eigenvalue weighted by molar-refractivity contribution is 7.92. The monoisotopic (exact) mass is 615 g/mol. The summed E-state index contributed by atoms with van der Waals surface area (Å²) in [4.78, 5) is 6.40. The average Bonchev–Trinajstić information content (AvgIpc) is 3.42. The molecular weight excluding hydrogens is 587 g/mol. The van der Waals surface area contributed by atoms with Crippen LogP contribution in [0.2, 0.25) is 0 Å². The second-order valence-corrected chi connectivity index (χ2v) is 12.1. The Kier molecular flexibility index (Phi) is 7.66. The van der Waals surface area contributed by atoms with Gasteiger partial charge in [0.25, 0.3) is 0 Å². The summed E-state index contributed by atoms with van der Waals surface area (Å²) in [5.74, 6) is 0.269. The number of hydrogen-bond acceptors (Lipinski definition) is 5. The number of pyridine rings is 1. The van der Waals surface area contributed by atoms with Crippen molar-refractivity contribution >= 4 is 38.7 Å². The Morgan fingerprint density at radius 1 is 1.05 bits per heavy atom. The number of nitrogens with one attached hydrogen (secondary N) is 2. The normalized spacial score (nSPS) is 17.3. The van der Waals surface area contributed by atoms with Crippen LogP contribution in [0.25, 0.3) is 5.69 Å². The van der Waals surface area contributed by atoms with Gasteiger partial charge >= 0.3 is 6.18 Å². The van der Waals surface area contributed by atoms with E-state index >= 15 is 0 Å². The van der Waals surface area contributed by atoms with Gasteiger partial charge in [-0.05, 0) is 74.1 Å². The molecule has 5 rings (SSSR count). The van der Waals surface area contributed by atoms with Crippen molar-refractivity contribution in [2.45, 2.75) is 32.1 Å². The zero-order valence-corrected chi connectivity index (χ0v) is 24.7. The van der Waals surface area contributed by atoms with E-state index in [1.165, 1.54) is 19.2 Å². The maximum atomic E-state index is 14.0. The molecule has 2 aromatic heterocycles. The van der Waals surface area contributed by atoms with Crippen LogP contribution in [0, 0.1) is 13.8 Å². The van der Waals surface area contributed by atoms with Crippen molar-refractivity contribution in [3.63, 3.8) is 0 Å². The number of rotatable bonds is 7. The van der Waals surface area contributed by atoms with Gasteiger partial charge in [-0.25, -0.2) is 8.42 Å². The summed E-state index contributed by atoms with van der Waals surface area (Å²) in [6.07, 6.45) is -1.84. The Labute approximate surface area is 247 Å². The van der Waals surface area contributed by atoms with Gasteiger partial charge in [0.15, 0.2) is 5.11 Å². The van der Waals surface area contributed by atoms with Crippen LogP contribution in [0.5, 0.6) is 5.75 Å². The van der Waals surface area contributed by atoms with Gasteiger partial charge < -0.3 is 19.5 Å². The summed E-state index contributed by atoms with van der Waals surface area (Å²) in [5.41, 5.74) is 2.78. The topological polar surface area (TPSA) is 88.5 Å². The lowest BCUT2D eigenvalue weighted by Gasteiger charge is -2.29. The maximum Gasteiger partial charge on any atom is 0.418 e. The van der Waals surface area contributed by atoms with E-state index in [0.717, 1.165) is 17.9 Å². The molecule has 0 spiro atoms. The summed E-state index contributed by atoms with van der Waals surface area (Å²) < 4.78 is 75.4. The second-order valence-electron chi connectivity index (χ2n) is 9.93. The van der Waals surface area contributed by atoms with Crippen LogP contribution >= 0.6 is 12.2 Å². The van der Waals surface area contributed by atoms with Gasteiger partial charge in [-0.2, -0.15) is 13.2 Å². The zero-order valence-electron chi connectivity index (χ0n) is 23.1. The number of halogens is 3. The van der Waals surface area contributed by atoms with Crippen molar-refractivity contribution in [3.05, 3.63) is 101 Å². The molecule has 0 radical (unpaired) electrons. The molecule has 1 saturated heterocycles. The fourth-order valence-electron chi connectivity index (χ4n) is 5.43. The predicted molar refractivity (Wildman–Crippen MR) is 160 cm³/mol. The van der Waals surface area contributed by atoms with Crippen molar-refractivity contribution < 1.29 is 26.3 Å². The second kappa shape index (κ2) is 11.0. The molecule has 2 aromatic carbocycles. The summed E-state index contributed by atoms with van der Waals surface area (Å²) in [6, 6.07) is 16.8. The number of sulfonamides is 1. The molecule has 3 heterocycles. The fourth-order valence-corrected chi connectivity index (χ4v) is 6.34. The largest absolute Gasteiger partial charge is 0.494 e. The van der Waals surface area contributed by atoms with Gasteiger partial charge in [-0.1, -0.05) is 18.2 Å². The smallest absolute Gasteiger partial charge is 0.418 e. The molecule has 1 fully saturated rings. The molecule has 0 aliphatic carbocycles. The van der Waals surface area contributed by atoms with Crippen LogP contribution in [0.3, 0.4) is 0 Å². The molecular formula is C29H28F3N5O3S2. The van der Waals surface area contributed by atoms with E-state index in [4.69, 9.17) is 17.0 Å². The summed E-state index contributed by atoms with van der Waals surface area (Å²) in [5, 5.41) is 3.71. The van der Waals surface area contributed by atoms with E-state index in [0.29, 0.717) is 27.9 Å². The van der Waals surface area contributed by atoms with Crippen LogP contribution < -0.4 is 19.7 Å². The maximum absolute atomic E-state index is 14.0. The molecule has 1 aliphatic heterocycles. The van der Waals surface area contributed by atoms with E-state index in [9.17, 15) is 21.6 Å². The molecule has 0 amide bonds. The Bertz CT molecular complexity index is 1760. The number of thiocarbonyl (C=S) groups is 1. The number of aromatic nitrogens is 2. The number of anilines is 2. The molecule has 13 heteroatoms. The number of alkyl halides is 3. The summed E-state index contributed by atoms with van der Waals surface area (Å²) in [6.45, 7) is 3.55. The van der Waals surface area contributed by atoms with E-state index in [2.05, 4.69) is 15.0 Å². The first-order valence-corrected chi connectivity index (χ1v) is 15.1. The lowest BCUT2D eigenvalue weighted by Crippen LogP contribution is -2.29. The molecule has 8 nitrogen and oxygen atoms in total. The molecule has 1 aliphatic rings. The van der Waals surface area contributed by atoms with Crippen LogP contribution in [-0.2, 0) is 16.2 Å². The number of para-hydroxylation sites is 1. The molecule has 0 unspecified atom stereocenters. The number of nitrogens with zero attached hydrogens (tertiary/aromatic N) is 3. The van der Waals surface area contributed by atoms with Crippen molar-refractivity contribution in [1.82, 2.24) is 14.9 Å². The molecule has 42 heavy (non-hydrogen) atoms. The average molecular weight is 616 g/mol. The third-order valence-corrected chi connectivity index (χ3v) is 8.00. The molecule has 0 saturated carbocycles. The third-order valence-electron chi connectivity index (χ3n) is 7.10. The Balaban J connectivity index is 1.69. The SMILES string of the molecule is COc1cc(N2C(=S)N[C@@H](c3ccccn3)[C@@H]2c2cc(C)n(-c3ccccc3C(F)(F)F)c2C)ccc1NS(C)(=O)=O. The van der Waals surface area contributed by atoms with E-state index < -0.39 is 33.8 Å². The highest BCUT2D eigenvalue weighted by atomic mass is 32.2. The van der Waals surface area contributed by atoms with E-state index in [1.54, 1.807) is 54.9 Å². The van der Waals surface area contributed by atoms with Crippen molar-refractivity contribution in [3.8, 4) is 11.4 Å². The third kappa shape index (κ3) is 5.53. The quantitative estimate of drug-likeness (QED) is 0.244. The minimum atomic E-state index is -4.54. The molecule has 4 aromatic rings. The zero-order chi connectivity index (χ0) is 30.4. The molecule has 220 valence electrons. The number of aryl methyl sites for hydroxylation is 1. The molecule has 2 atom stereocenters. The van der Waals surface area contributed by atoms with Gasteiger partial charge in [0.2, 0.25) is 10.0 Å². The number of hydrogen-bond donors (Lipinski definition) is 2. The first kappa shape index (κ1) is 29.4. The van der Waals surface area contributed by atoms with Crippen molar-refractivity contribution in [2.75, 3.05) is 23.0 Å². The minimum Gasteiger partial charge on any atom is -0.494 e. The lowest BCUT2D eigenvalue weighted by molar-refractivity contribution is -0.137. The summed E-state index contributed by atoms with van der Waals surface area (Å²) in [7, 11) is -2.15. The Morgan fingerprint density at radius 3 is 2.40 bits per heavy atom. The van der Waals surface area contributed by atoms with Crippen LogP contribution in [0.1, 0.15) is 40.3 Å². The first-order chi connectivity index (χ1) is 19.8. The highest BCUT2D eigenvalue weighted by Crippen LogP contribution is 2.46. The number of benzene rings is 2. The number of methoxy groups -OCH3 is 1. The van der Waals surface area contributed by atoms with Crippen LogP contribution in [-0.4, -0.2) is 36.4 Å². The van der Waals surface area contributed by atoms with E-state index in [-0.39, 0.29) is 17.1 Å². The molecule has 2 N–H and O–H groups in total. The van der Waals surface area contributed by atoms with Crippen molar-refractivity contribution in [1.29, 1.82) is 0 Å². The number of ether oxygens (including phenoxy) is 1. The summed E-state index contributed by atoms with van der Waals surface area (Å²) >= 11 is 5.80. The van der Waals surface area contributed by atoms with E-state index in [1.807, 2.05) is 23.1 Å². The predicted octanol–water partition coefficient (Wildman–Crippen LogP) is 6.07. The van der Waals surface area contributed by atoms with Gasteiger partial charge in [-0.15, -0.1) is 0 Å². The lowest BCUT2D eigenvalue weighted by atomic mass is 9.96. The minimum absolute atomic E-state index is 0.0265. The Morgan fingerprint density at radius 2 is 1.76 bits per heavy atom. The highest BCUT2D eigenvalue weighted by Gasteiger charge is 2.43. The fraction of sp³-hybridized carbons (Fsp3) is 0.241. The van der Waals surface area contributed by atoms with Crippen molar-refractivity contribution in [2.24, 2.45) is 0 Å². The standard InChI is InChI=1S/C29H28F3N5O3S2/c1-17-15-20(18(2)36(17)24-11-6-5-9-21(24)29(30,31)32)27-26(23-10-7-8-14-33-23)34-28(41)37(27)19-12-13-22(25(16-19)40-3)35-42(4,38)39/h5-16,26-27,35H,1-4H3,(H,34,41)/t26-,27-/m0/s1. The van der Waals surface area contributed by atoms with Gasteiger partial charge in [0.1, 0.15) is 5.75 Å². The van der Waals surface area contributed by atoms with Gasteiger partial charge in [0, 0.05) is 29.3 Å².